The molecule has 2 N–H and O–H groups in total. The van der Waals surface area contributed by atoms with Crippen molar-refractivity contribution >= 4 is 22.4 Å². The highest BCUT2D eigenvalue weighted by Gasteiger charge is 2.30. The summed E-state index contributed by atoms with van der Waals surface area (Å²) >= 11 is 0. The van der Waals surface area contributed by atoms with Gasteiger partial charge in [-0.25, -0.2) is 12.8 Å². The highest BCUT2D eigenvalue weighted by atomic mass is 32.2. The molecular weight excluding hydrogens is 284 g/mol. The predicted molar refractivity (Wildman–Crippen MR) is 74.8 cm³/mol. The Balaban J connectivity index is 2.08. The van der Waals surface area contributed by atoms with Crippen molar-refractivity contribution in [2.24, 2.45) is 0 Å². The zero-order chi connectivity index (χ0) is 14.9. The molecule has 1 fully saturated rings. The van der Waals surface area contributed by atoms with Crippen LogP contribution in [0.15, 0.2) is 18.2 Å². The van der Waals surface area contributed by atoms with Gasteiger partial charge in [0.2, 0.25) is 0 Å². The molecule has 0 radical (unpaired) electrons. The third-order valence-corrected chi connectivity index (χ3v) is 5.35. The van der Waals surface area contributed by atoms with E-state index in [4.69, 9.17) is 10.0 Å². The highest BCUT2D eigenvalue weighted by molar-refractivity contribution is 7.91. The minimum absolute atomic E-state index is 0.0486. The maximum Gasteiger partial charge on any atom is 0.491 e. The van der Waals surface area contributed by atoms with Gasteiger partial charge in [-0.15, -0.1) is 0 Å². The normalized spacial score (nSPS) is 21.4. The summed E-state index contributed by atoms with van der Waals surface area (Å²) in [6, 6.07) is 4.08. The first-order valence-electron chi connectivity index (χ1n) is 6.33. The van der Waals surface area contributed by atoms with Crippen LogP contribution in [-0.4, -0.2) is 55.1 Å². The molecule has 1 saturated heterocycles. The molecule has 0 amide bonds. The number of benzene rings is 1. The van der Waals surface area contributed by atoms with Crippen LogP contribution in [0, 0.1) is 5.82 Å². The van der Waals surface area contributed by atoms with Gasteiger partial charge in [-0.05, 0) is 25.1 Å². The molecule has 1 atom stereocenters. The molecule has 5 nitrogen and oxygen atoms in total. The van der Waals surface area contributed by atoms with Crippen molar-refractivity contribution in [1.29, 1.82) is 0 Å². The molecule has 0 spiro atoms. The van der Waals surface area contributed by atoms with Crippen molar-refractivity contribution < 1.29 is 22.9 Å². The molecule has 0 aromatic heterocycles. The van der Waals surface area contributed by atoms with Crippen LogP contribution < -0.4 is 5.46 Å². The molecule has 1 aliphatic heterocycles. The van der Waals surface area contributed by atoms with Gasteiger partial charge in [0.15, 0.2) is 9.84 Å². The van der Waals surface area contributed by atoms with E-state index in [0.717, 1.165) is 0 Å². The summed E-state index contributed by atoms with van der Waals surface area (Å²) in [6.07, 6.45) is 0.593. The van der Waals surface area contributed by atoms with Gasteiger partial charge in [0.05, 0.1) is 11.5 Å². The molecule has 0 saturated carbocycles. The van der Waals surface area contributed by atoms with Crippen molar-refractivity contribution in [1.82, 2.24) is 4.90 Å². The second-order valence-electron chi connectivity index (χ2n) is 5.20. The van der Waals surface area contributed by atoms with Gasteiger partial charge >= 0.3 is 7.12 Å². The third kappa shape index (κ3) is 3.57. The summed E-state index contributed by atoms with van der Waals surface area (Å²) < 4.78 is 36.2. The Hall–Kier alpha value is -0.955. The van der Waals surface area contributed by atoms with E-state index in [1.54, 1.807) is 6.07 Å². The summed E-state index contributed by atoms with van der Waals surface area (Å²) in [5.74, 6) is -0.332. The lowest BCUT2D eigenvalue weighted by molar-refractivity contribution is 0.254. The Morgan fingerprint density at radius 2 is 2.15 bits per heavy atom. The highest BCUT2D eigenvalue weighted by Crippen LogP contribution is 2.18. The van der Waals surface area contributed by atoms with Crippen molar-refractivity contribution in [2.75, 3.05) is 18.6 Å². The van der Waals surface area contributed by atoms with Crippen LogP contribution in [0.3, 0.4) is 0 Å². The Morgan fingerprint density at radius 1 is 1.45 bits per heavy atom. The summed E-state index contributed by atoms with van der Waals surface area (Å²) in [6.45, 7) is 0.431. The summed E-state index contributed by atoms with van der Waals surface area (Å²) in [7, 11) is -2.99. The number of hydrogen-bond acceptors (Lipinski definition) is 5. The van der Waals surface area contributed by atoms with E-state index in [0.29, 0.717) is 18.5 Å². The van der Waals surface area contributed by atoms with Gasteiger partial charge in [-0.2, -0.15) is 0 Å². The predicted octanol–water partition coefficient (Wildman–Crippen LogP) is -0.876. The first kappa shape index (κ1) is 15.4. The van der Waals surface area contributed by atoms with Gasteiger partial charge in [0.25, 0.3) is 0 Å². The molecule has 1 unspecified atom stereocenters. The molecule has 1 heterocycles. The van der Waals surface area contributed by atoms with Crippen LogP contribution in [0.2, 0.25) is 0 Å². The third-order valence-electron chi connectivity index (χ3n) is 3.60. The Labute approximate surface area is 118 Å². The monoisotopic (exact) mass is 301 g/mol. The number of halogens is 1. The number of sulfone groups is 1. The number of hydrogen-bond donors (Lipinski definition) is 2. The maximum absolute atomic E-state index is 13.3. The van der Waals surface area contributed by atoms with Gasteiger partial charge < -0.3 is 10.0 Å². The summed E-state index contributed by atoms with van der Waals surface area (Å²) in [5, 5.41) is 18.1. The lowest BCUT2D eigenvalue weighted by Crippen LogP contribution is -2.35. The second kappa shape index (κ2) is 5.81. The van der Waals surface area contributed by atoms with Crippen molar-refractivity contribution in [3.8, 4) is 0 Å². The fourth-order valence-corrected chi connectivity index (χ4v) is 4.23. The molecule has 2 rings (SSSR count). The van der Waals surface area contributed by atoms with Crippen LogP contribution >= 0.6 is 0 Å². The van der Waals surface area contributed by atoms with E-state index in [9.17, 15) is 12.8 Å². The van der Waals surface area contributed by atoms with Gasteiger partial charge in [0, 0.05) is 18.0 Å². The van der Waals surface area contributed by atoms with Crippen molar-refractivity contribution in [2.45, 2.75) is 19.0 Å². The van der Waals surface area contributed by atoms with E-state index < -0.39 is 22.8 Å². The molecule has 0 aliphatic carbocycles. The Morgan fingerprint density at radius 3 is 2.70 bits per heavy atom. The van der Waals surface area contributed by atoms with E-state index in [1.165, 1.54) is 12.1 Å². The minimum atomic E-state index is -2.94. The average Bonchev–Trinajstić information content (AvgIpc) is 2.72. The van der Waals surface area contributed by atoms with Gasteiger partial charge in [0.1, 0.15) is 5.82 Å². The molecule has 20 heavy (non-hydrogen) atoms. The zero-order valence-corrected chi connectivity index (χ0v) is 12.0. The lowest BCUT2D eigenvalue weighted by atomic mass is 9.79. The summed E-state index contributed by atoms with van der Waals surface area (Å²) in [4.78, 5) is 1.89. The molecule has 8 heteroatoms. The van der Waals surface area contributed by atoms with E-state index in [2.05, 4.69) is 0 Å². The smallest absolute Gasteiger partial charge is 0.423 e. The first-order valence-corrected chi connectivity index (χ1v) is 8.16. The van der Waals surface area contributed by atoms with E-state index >= 15 is 0 Å². The van der Waals surface area contributed by atoms with Crippen LogP contribution in [0.5, 0.6) is 0 Å². The molecule has 1 aliphatic rings. The standard InChI is InChI=1S/C12H17BFNO4S/c1-15(10-4-5-20(18,19)8-10)7-9-2-3-12(14)11(6-9)13(16)17/h2-3,6,10,16-17H,4-5,7-8H2,1H3. The second-order valence-corrected chi connectivity index (χ2v) is 7.43. The van der Waals surface area contributed by atoms with Crippen LogP contribution in [0.25, 0.3) is 0 Å². The lowest BCUT2D eigenvalue weighted by Gasteiger charge is -2.23. The molecule has 110 valence electrons. The quantitative estimate of drug-likeness (QED) is 0.707. The van der Waals surface area contributed by atoms with Crippen LogP contribution in [-0.2, 0) is 16.4 Å². The van der Waals surface area contributed by atoms with E-state index in [-0.39, 0.29) is 23.0 Å². The van der Waals surface area contributed by atoms with Crippen molar-refractivity contribution in [3.05, 3.63) is 29.6 Å². The minimum Gasteiger partial charge on any atom is -0.423 e. The number of rotatable bonds is 4. The van der Waals surface area contributed by atoms with Crippen LogP contribution in [0.1, 0.15) is 12.0 Å². The largest absolute Gasteiger partial charge is 0.491 e. The molecule has 0 bridgehead atoms. The fraction of sp³-hybridized carbons (Fsp3) is 0.500. The first-order chi connectivity index (χ1) is 9.28. The SMILES string of the molecule is CN(Cc1ccc(F)c(B(O)O)c1)C1CCS(=O)(=O)C1. The van der Waals surface area contributed by atoms with Gasteiger partial charge in [-0.3, -0.25) is 4.90 Å². The molecular formula is C12H17BFNO4S. The fourth-order valence-electron chi connectivity index (χ4n) is 2.43. The van der Waals surface area contributed by atoms with Gasteiger partial charge in [-0.1, -0.05) is 12.1 Å². The Bertz CT molecular complexity index is 593. The molecule has 1 aromatic carbocycles. The average molecular weight is 301 g/mol. The molecule has 1 aromatic rings. The van der Waals surface area contributed by atoms with Crippen molar-refractivity contribution in [3.63, 3.8) is 0 Å². The zero-order valence-electron chi connectivity index (χ0n) is 11.2. The topological polar surface area (TPSA) is 77.8 Å². The maximum atomic E-state index is 13.3. The van der Waals surface area contributed by atoms with E-state index in [1.807, 2.05) is 11.9 Å². The Kier molecular flexibility index (Phi) is 4.48. The van der Waals surface area contributed by atoms with Crippen LogP contribution in [0.4, 0.5) is 4.39 Å². The number of nitrogens with zero attached hydrogens (tertiary/aromatic N) is 1. The summed E-state index contributed by atoms with van der Waals surface area (Å²) in [5.41, 5.74) is 0.538.